The van der Waals surface area contributed by atoms with Gasteiger partial charge in [0.1, 0.15) is 5.82 Å². The van der Waals surface area contributed by atoms with E-state index < -0.39 is 17.7 Å². The summed E-state index contributed by atoms with van der Waals surface area (Å²) >= 11 is 1.31. The monoisotopic (exact) mass is 410 g/mol. The number of hydrogen-bond acceptors (Lipinski definition) is 5. The molecule has 6 nitrogen and oxygen atoms in total. The summed E-state index contributed by atoms with van der Waals surface area (Å²) in [4.78, 5) is 12.1. The Morgan fingerprint density at radius 2 is 2.11 bits per heavy atom. The molecule has 0 radical (unpaired) electrons. The van der Waals surface area contributed by atoms with Gasteiger partial charge in [0.05, 0.1) is 5.75 Å². The van der Waals surface area contributed by atoms with E-state index in [0.717, 1.165) is 37.8 Å². The Hall–Kier alpha value is -2.16. The largest absolute Gasteiger partial charge is 0.480 e. The molecule has 1 aromatic carbocycles. The first-order valence-electron chi connectivity index (χ1n) is 9.45. The number of nitrogens with one attached hydrogen (secondary N) is 1. The molecule has 1 aromatic heterocycles. The molecule has 152 valence electrons. The molecule has 28 heavy (non-hydrogen) atoms. The Kier molecular flexibility index (Phi) is 6.88. The van der Waals surface area contributed by atoms with E-state index in [1.165, 1.54) is 17.8 Å². The zero-order valence-electron chi connectivity index (χ0n) is 16.0. The van der Waals surface area contributed by atoms with Crippen molar-refractivity contribution in [1.29, 1.82) is 0 Å². The van der Waals surface area contributed by atoms with E-state index in [9.17, 15) is 13.6 Å². The summed E-state index contributed by atoms with van der Waals surface area (Å²) in [5, 5.41) is 12.0. The molecule has 1 unspecified atom stereocenters. The number of hydrogen-bond donors (Lipinski definition) is 1. The van der Waals surface area contributed by atoms with Crippen LogP contribution in [0.15, 0.2) is 23.4 Å². The van der Waals surface area contributed by atoms with Crippen molar-refractivity contribution in [3.8, 4) is 5.75 Å². The van der Waals surface area contributed by atoms with Gasteiger partial charge in [-0.15, -0.1) is 10.2 Å². The topological polar surface area (TPSA) is 69.0 Å². The summed E-state index contributed by atoms with van der Waals surface area (Å²) in [5.41, 5.74) is 0. The lowest BCUT2D eigenvalue weighted by molar-refractivity contribution is -0.119. The predicted octanol–water partition coefficient (Wildman–Crippen LogP) is 3.87. The summed E-state index contributed by atoms with van der Waals surface area (Å²) in [7, 11) is 0. The summed E-state index contributed by atoms with van der Waals surface area (Å²) in [6, 6.07) is 3.44. The molecule has 3 rings (SSSR count). The Bertz CT molecular complexity index is 824. The van der Waals surface area contributed by atoms with E-state index in [0.29, 0.717) is 17.5 Å². The van der Waals surface area contributed by atoms with E-state index in [2.05, 4.69) is 15.5 Å². The Morgan fingerprint density at radius 1 is 1.36 bits per heavy atom. The number of amides is 1. The molecule has 1 aliphatic rings. The molecule has 2 aromatic rings. The number of nitrogens with zero attached hydrogens (tertiary/aromatic N) is 3. The maximum atomic E-state index is 13.8. The van der Waals surface area contributed by atoms with Crippen LogP contribution < -0.4 is 10.1 Å². The fraction of sp³-hybridized carbons (Fsp3) is 0.526. The third-order valence-electron chi connectivity index (χ3n) is 4.68. The smallest absolute Gasteiger partial charge is 0.230 e. The van der Waals surface area contributed by atoms with Gasteiger partial charge in [-0.3, -0.25) is 4.79 Å². The normalized spacial score (nSPS) is 15.6. The number of thioether (sulfide) groups is 1. The van der Waals surface area contributed by atoms with Crippen molar-refractivity contribution in [1.82, 2.24) is 20.1 Å². The van der Waals surface area contributed by atoms with Crippen LogP contribution in [0.3, 0.4) is 0 Å². The molecule has 1 heterocycles. The Labute approximate surface area is 167 Å². The van der Waals surface area contributed by atoms with Gasteiger partial charge in [0.15, 0.2) is 28.7 Å². The van der Waals surface area contributed by atoms with E-state index in [1.54, 1.807) is 6.92 Å². The minimum atomic E-state index is -0.771. The van der Waals surface area contributed by atoms with E-state index >= 15 is 0 Å². The number of aromatic nitrogens is 3. The molecule has 0 aliphatic heterocycles. The van der Waals surface area contributed by atoms with E-state index in [-0.39, 0.29) is 23.5 Å². The van der Waals surface area contributed by atoms with Crippen molar-refractivity contribution < 1.29 is 18.3 Å². The summed E-state index contributed by atoms with van der Waals surface area (Å²) in [6.45, 7) is 4.23. The van der Waals surface area contributed by atoms with E-state index in [4.69, 9.17) is 4.74 Å². The molecule has 1 amide bonds. The maximum absolute atomic E-state index is 13.8. The van der Waals surface area contributed by atoms with Gasteiger partial charge in [-0.05, 0) is 38.8 Å². The summed E-state index contributed by atoms with van der Waals surface area (Å²) < 4.78 is 34.3. The van der Waals surface area contributed by atoms with Crippen LogP contribution in [0.2, 0.25) is 0 Å². The van der Waals surface area contributed by atoms with Crippen molar-refractivity contribution in [2.75, 3.05) is 5.75 Å². The highest BCUT2D eigenvalue weighted by Gasteiger charge is 2.22. The van der Waals surface area contributed by atoms with Crippen molar-refractivity contribution in [3.05, 3.63) is 35.7 Å². The molecule has 9 heteroatoms. The van der Waals surface area contributed by atoms with Gasteiger partial charge in [0, 0.05) is 18.7 Å². The molecular weight excluding hydrogens is 386 g/mol. The molecule has 1 aliphatic carbocycles. The number of halogens is 2. The fourth-order valence-corrected chi connectivity index (χ4v) is 4.11. The number of carbonyl (C=O) groups is 1. The van der Waals surface area contributed by atoms with Gasteiger partial charge in [0.25, 0.3) is 0 Å². The zero-order valence-corrected chi connectivity index (χ0v) is 16.8. The standard InChI is InChI=1S/C19H24F2N4O2S/c1-3-25-18(12(2)27-16-9-8-13(20)10-15(16)21)23-24-19(25)28-11-17(26)22-14-6-4-5-7-14/h8-10,12,14H,3-7,11H2,1-2H3,(H,22,26). The van der Waals surface area contributed by atoms with Gasteiger partial charge >= 0.3 is 0 Å². The van der Waals surface area contributed by atoms with Gasteiger partial charge in [-0.25, -0.2) is 8.78 Å². The average Bonchev–Trinajstić information content (AvgIpc) is 3.31. The fourth-order valence-electron chi connectivity index (χ4n) is 3.29. The second-order valence-electron chi connectivity index (χ2n) is 6.76. The SMILES string of the molecule is CCn1c(SCC(=O)NC2CCCC2)nnc1C(C)Oc1ccc(F)cc1F. The quantitative estimate of drug-likeness (QED) is 0.669. The highest BCUT2D eigenvalue weighted by molar-refractivity contribution is 7.99. The highest BCUT2D eigenvalue weighted by Crippen LogP contribution is 2.27. The maximum Gasteiger partial charge on any atom is 0.230 e. The van der Waals surface area contributed by atoms with Crippen molar-refractivity contribution in [3.63, 3.8) is 0 Å². The van der Waals surface area contributed by atoms with Crippen LogP contribution in [0.1, 0.15) is 51.5 Å². The molecule has 1 atom stereocenters. The van der Waals surface area contributed by atoms with Crippen LogP contribution in [-0.2, 0) is 11.3 Å². The summed E-state index contributed by atoms with van der Waals surface area (Å²) in [5.74, 6) is -0.719. The minimum Gasteiger partial charge on any atom is -0.480 e. The lowest BCUT2D eigenvalue weighted by atomic mass is 10.2. The number of ether oxygens (including phenoxy) is 1. The van der Waals surface area contributed by atoms with Gasteiger partial charge < -0.3 is 14.6 Å². The molecule has 0 bridgehead atoms. The molecular formula is C19H24F2N4O2S. The Balaban J connectivity index is 1.62. The lowest BCUT2D eigenvalue weighted by Crippen LogP contribution is -2.33. The van der Waals surface area contributed by atoms with Crippen LogP contribution in [0.25, 0.3) is 0 Å². The molecule has 0 spiro atoms. The van der Waals surface area contributed by atoms with Crippen LogP contribution in [0, 0.1) is 11.6 Å². The van der Waals surface area contributed by atoms with Gasteiger partial charge in [0.2, 0.25) is 5.91 Å². The van der Waals surface area contributed by atoms with E-state index in [1.807, 2.05) is 11.5 Å². The first-order chi connectivity index (χ1) is 13.5. The third kappa shape index (κ3) is 5.01. The second-order valence-corrected chi connectivity index (χ2v) is 7.70. The number of rotatable bonds is 8. The van der Waals surface area contributed by atoms with Crippen LogP contribution >= 0.6 is 11.8 Å². The van der Waals surface area contributed by atoms with Crippen LogP contribution in [0.4, 0.5) is 8.78 Å². The zero-order chi connectivity index (χ0) is 20.1. The minimum absolute atomic E-state index is 0.0122. The molecule has 1 fully saturated rings. The van der Waals surface area contributed by atoms with Crippen molar-refractivity contribution in [2.45, 2.75) is 63.4 Å². The number of benzene rings is 1. The Morgan fingerprint density at radius 3 is 2.79 bits per heavy atom. The number of carbonyl (C=O) groups excluding carboxylic acids is 1. The third-order valence-corrected chi connectivity index (χ3v) is 5.64. The van der Waals surface area contributed by atoms with Crippen molar-refractivity contribution >= 4 is 17.7 Å². The highest BCUT2D eigenvalue weighted by atomic mass is 32.2. The lowest BCUT2D eigenvalue weighted by Gasteiger charge is -2.16. The van der Waals surface area contributed by atoms with Crippen molar-refractivity contribution in [2.24, 2.45) is 0 Å². The molecule has 0 saturated heterocycles. The predicted molar refractivity (Wildman–Crippen MR) is 102 cm³/mol. The molecule has 1 saturated carbocycles. The molecule has 1 N–H and O–H groups in total. The summed E-state index contributed by atoms with van der Waals surface area (Å²) in [6.07, 6.45) is 3.83. The van der Waals surface area contributed by atoms with Gasteiger partial charge in [-0.1, -0.05) is 24.6 Å². The van der Waals surface area contributed by atoms with Crippen LogP contribution in [0.5, 0.6) is 5.75 Å². The van der Waals surface area contributed by atoms with Crippen LogP contribution in [-0.4, -0.2) is 32.5 Å². The first kappa shape index (κ1) is 20.6. The van der Waals surface area contributed by atoms with Gasteiger partial charge in [-0.2, -0.15) is 0 Å². The first-order valence-corrected chi connectivity index (χ1v) is 10.4. The second kappa shape index (κ2) is 9.36. The average molecular weight is 410 g/mol.